The van der Waals surface area contributed by atoms with E-state index in [1.54, 1.807) is 17.4 Å². The van der Waals surface area contributed by atoms with Gasteiger partial charge in [0.1, 0.15) is 5.82 Å². The third-order valence-corrected chi connectivity index (χ3v) is 7.48. The molecule has 0 aliphatic carbocycles. The van der Waals surface area contributed by atoms with Crippen molar-refractivity contribution in [2.45, 2.75) is 0 Å². The Morgan fingerprint density at radius 1 is 0.412 bits per heavy atom. The first-order chi connectivity index (χ1) is 16.8. The van der Waals surface area contributed by atoms with Crippen molar-refractivity contribution in [3.63, 3.8) is 0 Å². The van der Waals surface area contributed by atoms with E-state index in [9.17, 15) is 4.39 Å². The minimum absolute atomic E-state index is 0.192. The average Bonchev–Trinajstić information content (AvgIpc) is 3.29. The number of rotatable bonds is 4. The first-order valence-corrected chi connectivity index (χ1v) is 12.1. The van der Waals surface area contributed by atoms with Gasteiger partial charge in [-0.2, -0.15) is 0 Å². The third-order valence-electron chi connectivity index (χ3n) is 6.20. The first-order valence-electron chi connectivity index (χ1n) is 11.3. The summed E-state index contributed by atoms with van der Waals surface area (Å²) in [6.07, 6.45) is 0. The predicted molar refractivity (Wildman–Crippen MR) is 144 cm³/mol. The Bertz CT molecular complexity index is 1600. The van der Waals surface area contributed by atoms with Gasteiger partial charge >= 0.3 is 0 Å². The highest BCUT2D eigenvalue weighted by Crippen LogP contribution is 2.47. The molecule has 6 rings (SSSR count). The molecule has 0 aliphatic heterocycles. The molecule has 162 valence electrons. The van der Waals surface area contributed by atoms with Gasteiger partial charge in [-0.05, 0) is 34.4 Å². The highest BCUT2D eigenvalue weighted by molar-refractivity contribution is 7.21. The highest BCUT2D eigenvalue weighted by Gasteiger charge is 2.19. The Balaban J connectivity index is 1.65. The molecule has 0 saturated heterocycles. The van der Waals surface area contributed by atoms with Gasteiger partial charge in [0.25, 0.3) is 0 Å². The zero-order valence-corrected chi connectivity index (χ0v) is 19.2. The van der Waals surface area contributed by atoms with Crippen molar-refractivity contribution in [2.75, 3.05) is 0 Å². The summed E-state index contributed by atoms with van der Waals surface area (Å²) in [5, 5.41) is 2.23. The molecule has 1 heterocycles. The Hall–Kier alpha value is -4.01. The van der Waals surface area contributed by atoms with Crippen LogP contribution in [0.3, 0.4) is 0 Å². The van der Waals surface area contributed by atoms with Crippen LogP contribution < -0.4 is 0 Å². The van der Waals surface area contributed by atoms with Crippen LogP contribution >= 0.6 is 11.3 Å². The Labute approximate surface area is 202 Å². The van der Waals surface area contributed by atoms with E-state index in [0.29, 0.717) is 5.56 Å². The molecule has 0 fully saturated rings. The van der Waals surface area contributed by atoms with Crippen LogP contribution in [-0.4, -0.2) is 0 Å². The van der Waals surface area contributed by atoms with Gasteiger partial charge < -0.3 is 0 Å². The van der Waals surface area contributed by atoms with Crippen LogP contribution in [-0.2, 0) is 0 Å². The van der Waals surface area contributed by atoms with E-state index in [4.69, 9.17) is 0 Å². The summed E-state index contributed by atoms with van der Waals surface area (Å²) in [5.74, 6) is -0.192. The molecular formula is C32H21FS. The number of benzene rings is 5. The Morgan fingerprint density at radius 2 is 0.971 bits per heavy atom. The van der Waals surface area contributed by atoms with Crippen molar-refractivity contribution in [2.24, 2.45) is 0 Å². The summed E-state index contributed by atoms with van der Waals surface area (Å²) in [4.78, 5) is 2.12. The van der Waals surface area contributed by atoms with Crippen LogP contribution in [0.25, 0.3) is 53.9 Å². The normalized spacial score (nSPS) is 11.1. The van der Waals surface area contributed by atoms with E-state index in [0.717, 1.165) is 26.1 Å². The molecule has 1 aromatic heterocycles. The first kappa shape index (κ1) is 20.6. The lowest BCUT2D eigenvalue weighted by Gasteiger charge is -2.12. The number of hydrogen-bond acceptors (Lipinski definition) is 1. The molecule has 5 aromatic carbocycles. The minimum atomic E-state index is -0.192. The molecule has 0 amide bonds. The maximum Gasteiger partial charge on any atom is 0.131 e. The van der Waals surface area contributed by atoms with Crippen LogP contribution in [0.5, 0.6) is 0 Å². The molecule has 0 nitrogen and oxygen atoms in total. The molecular weight excluding hydrogens is 435 g/mol. The standard InChI is InChI=1S/C32H21FS/c33-30-18-10-9-17-28(30)31-26-15-7-8-16-27(26)32(34-31)29-21-24(22-11-3-1-4-12-22)19-20-25(29)23-13-5-2-6-14-23/h1-21H. The second kappa shape index (κ2) is 8.74. The largest absolute Gasteiger partial charge is 0.206 e. The van der Waals surface area contributed by atoms with Crippen LogP contribution in [0.15, 0.2) is 127 Å². The predicted octanol–water partition coefficient (Wildman–Crippen LogP) is 9.71. The lowest BCUT2D eigenvalue weighted by molar-refractivity contribution is 0.632. The topological polar surface area (TPSA) is 0 Å². The van der Waals surface area contributed by atoms with Gasteiger partial charge in [0, 0.05) is 31.7 Å². The number of hydrogen-bond donors (Lipinski definition) is 0. The molecule has 0 saturated carbocycles. The van der Waals surface area contributed by atoms with Gasteiger partial charge in [0.15, 0.2) is 0 Å². The van der Waals surface area contributed by atoms with Crippen LogP contribution in [0.2, 0.25) is 0 Å². The van der Waals surface area contributed by atoms with Gasteiger partial charge in [-0.15, -0.1) is 11.3 Å². The molecule has 0 atom stereocenters. The SMILES string of the molecule is Fc1ccccc1-c1sc(-c2cc(-c3ccccc3)ccc2-c2ccccc2)c2ccccc12. The smallest absolute Gasteiger partial charge is 0.131 e. The van der Waals surface area contributed by atoms with E-state index < -0.39 is 0 Å². The fourth-order valence-corrected chi connectivity index (χ4v) is 5.88. The van der Waals surface area contributed by atoms with Gasteiger partial charge in [-0.3, -0.25) is 0 Å². The maximum atomic E-state index is 14.9. The van der Waals surface area contributed by atoms with Gasteiger partial charge in [-0.1, -0.05) is 115 Å². The summed E-state index contributed by atoms with van der Waals surface area (Å²) in [5.41, 5.74) is 6.50. The van der Waals surface area contributed by atoms with Gasteiger partial charge in [0.2, 0.25) is 0 Å². The van der Waals surface area contributed by atoms with E-state index in [1.165, 1.54) is 28.3 Å². The maximum absolute atomic E-state index is 14.9. The summed E-state index contributed by atoms with van der Waals surface area (Å²) >= 11 is 1.67. The van der Waals surface area contributed by atoms with Crippen LogP contribution in [0, 0.1) is 5.82 Å². The Kier molecular flexibility index (Phi) is 5.29. The molecule has 0 spiro atoms. The summed E-state index contributed by atoms with van der Waals surface area (Å²) < 4.78 is 14.9. The van der Waals surface area contributed by atoms with Crippen molar-refractivity contribution in [1.29, 1.82) is 0 Å². The highest BCUT2D eigenvalue weighted by atomic mass is 32.1. The van der Waals surface area contributed by atoms with Crippen molar-refractivity contribution >= 4 is 22.1 Å². The quantitative estimate of drug-likeness (QED) is 0.248. The monoisotopic (exact) mass is 456 g/mol. The molecule has 0 bridgehead atoms. The summed E-state index contributed by atoms with van der Waals surface area (Å²) in [6.45, 7) is 0. The fourth-order valence-electron chi connectivity index (χ4n) is 4.55. The van der Waals surface area contributed by atoms with E-state index in [2.05, 4.69) is 84.9 Å². The van der Waals surface area contributed by atoms with Crippen LogP contribution in [0.1, 0.15) is 0 Å². The second-order valence-corrected chi connectivity index (χ2v) is 9.30. The number of halogens is 1. The summed E-state index contributed by atoms with van der Waals surface area (Å²) in [7, 11) is 0. The zero-order chi connectivity index (χ0) is 22.9. The van der Waals surface area contributed by atoms with E-state index in [-0.39, 0.29) is 5.82 Å². The molecule has 34 heavy (non-hydrogen) atoms. The average molecular weight is 457 g/mol. The zero-order valence-electron chi connectivity index (χ0n) is 18.4. The van der Waals surface area contributed by atoms with Crippen molar-refractivity contribution in [3.8, 4) is 43.1 Å². The molecule has 0 N–H and O–H groups in total. The van der Waals surface area contributed by atoms with Crippen molar-refractivity contribution in [3.05, 3.63) is 133 Å². The molecule has 0 unspecified atom stereocenters. The molecule has 6 aromatic rings. The minimum Gasteiger partial charge on any atom is -0.206 e. The lowest BCUT2D eigenvalue weighted by atomic mass is 9.93. The van der Waals surface area contributed by atoms with E-state index in [1.807, 2.05) is 30.3 Å². The molecule has 0 radical (unpaired) electrons. The van der Waals surface area contributed by atoms with Gasteiger partial charge in [-0.25, -0.2) is 4.39 Å². The van der Waals surface area contributed by atoms with Crippen LogP contribution in [0.4, 0.5) is 4.39 Å². The number of thiophene rings is 1. The van der Waals surface area contributed by atoms with E-state index >= 15 is 0 Å². The number of fused-ring (bicyclic) bond motifs is 1. The van der Waals surface area contributed by atoms with Crippen molar-refractivity contribution < 1.29 is 4.39 Å². The van der Waals surface area contributed by atoms with Crippen molar-refractivity contribution in [1.82, 2.24) is 0 Å². The fraction of sp³-hybridized carbons (Fsp3) is 0. The van der Waals surface area contributed by atoms with Gasteiger partial charge in [0.05, 0.1) is 0 Å². The third kappa shape index (κ3) is 3.63. The lowest BCUT2D eigenvalue weighted by Crippen LogP contribution is -1.86. The Morgan fingerprint density at radius 3 is 1.65 bits per heavy atom. The second-order valence-electron chi connectivity index (χ2n) is 8.28. The molecule has 0 aliphatic rings. The molecule has 2 heteroatoms. The summed E-state index contributed by atoms with van der Waals surface area (Å²) in [6, 6.07) is 43.0.